The van der Waals surface area contributed by atoms with Crippen LogP contribution in [-0.4, -0.2) is 10.9 Å². The van der Waals surface area contributed by atoms with Gasteiger partial charge in [-0.15, -0.1) is 0 Å². The van der Waals surface area contributed by atoms with Crippen LogP contribution in [0.3, 0.4) is 0 Å². The third kappa shape index (κ3) is 2.02. The summed E-state index contributed by atoms with van der Waals surface area (Å²) >= 11 is 0. The second-order valence-electron chi connectivity index (χ2n) is 7.96. The molecule has 136 valence electrons. The largest absolute Gasteiger partial charge is 0.370 e. The van der Waals surface area contributed by atoms with Gasteiger partial charge in [0.2, 0.25) is 0 Å². The summed E-state index contributed by atoms with van der Waals surface area (Å²) in [4.78, 5) is 2.16. The SMILES string of the molecule is N=C(N)N(C1Cc2cccc3cccc1c23)C1Cc2cccc3cccc1c23. The first-order chi connectivity index (χ1) is 13.7. The molecular weight excluding hydrogens is 342 g/mol. The van der Waals surface area contributed by atoms with Crippen LogP contribution in [0, 0.1) is 5.41 Å². The van der Waals surface area contributed by atoms with Gasteiger partial charge in [0.05, 0.1) is 12.1 Å². The Balaban J connectivity index is 1.51. The van der Waals surface area contributed by atoms with Gasteiger partial charge in [-0.1, -0.05) is 72.8 Å². The number of benzene rings is 4. The number of nitrogens with zero attached hydrogens (tertiary/aromatic N) is 1. The zero-order valence-electron chi connectivity index (χ0n) is 15.5. The maximum atomic E-state index is 8.48. The Kier molecular flexibility index (Phi) is 3.13. The van der Waals surface area contributed by atoms with Gasteiger partial charge in [0.25, 0.3) is 0 Å². The molecule has 0 saturated heterocycles. The Labute approximate surface area is 163 Å². The maximum absolute atomic E-state index is 8.48. The van der Waals surface area contributed by atoms with Crippen LogP contribution in [0.15, 0.2) is 72.8 Å². The molecule has 3 nitrogen and oxygen atoms in total. The molecule has 2 unspecified atom stereocenters. The van der Waals surface area contributed by atoms with Crippen molar-refractivity contribution in [3.05, 3.63) is 95.1 Å². The molecule has 4 aromatic carbocycles. The highest BCUT2D eigenvalue weighted by atomic mass is 15.3. The third-order valence-electron chi connectivity index (χ3n) is 6.54. The first-order valence-electron chi connectivity index (χ1n) is 9.86. The average molecular weight is 363 g/mol. The van der Waals surface area contributed by atoms with Crippen LogP contribution in [-0.2, 0) is 12.8 Å². The molecule has 0 heterocycles. The van der Waals surface area contributed by atoms with Crippen LogP contribution in [0.4, 0.5) is 0 Å². The fourth-order valence-corrected chi connectivity index (χ4v) is 5.48. The molecule has 3 heteroatoms. The topological polar surface area (TPSA) is 53.1 Å². The summed E-state index contributed by atoms with van der Waals surface area (Å²) in [5, 5.41) is 13.7. The van der Waals surface area contributed by atoms with Gasteiger partial charge < -0.3 is 10.6 Å². The van der Waals surface area contributed by atoms with E-state index in [9.17, 15) is 0 Å². The van der Waals surface area contributed by atoms with Crippen molar-refractivity contribution >= 4 is 27.5 Å². The highest BCUT2D eigenvalue weighted by molar-refractivity contribution is 5.94. The molecule has 0 bridgehead atoms. The summed E-state index contributed by atoms with van der Waals surface area (Å²) in [5.41, 5.74) is 11.5. The van der Waals surface area contributed by atoms with Crippen molar-refractivity contribution < 1.29 is 0 Å². The highest BCUT2D eigenvalue weighted by Crippen LogP contribution is 2.47. The standard InChI is InChI=1S/C25H21N3/c26-25(27)28(21-13-17-9-1-5-15-7-3-11-19(21)23(15)17)22-14-18-10-2-6-16-8-4-12-20(22)24(16)18/h1-12,21-22H,13-14H2,(H3,26,27). The molecule has 2 aliphatic carbocycles. The molecule has 0 aromatic heterocycles. The van der Waals surface area contributed by atoms with Gasteiger partial charge in [0, 0.05) is 0 Å². The van der Waals surface area contributed by atoms with Crippen LogP contribution < -0.4 is 5.73 Å². The summed E-state index contributed by atoms with van der Waals surface area (Å²) < 4.78 is 0. The van der Waals surface area contributed by atoms with Gasteiger partial charge in [-0.2, -0.15) is 0 Å². The zero-order chi connectivity index (χ0) is 18.8. The predicted molar refractivity (Wildman–Crippen MR) is 115 cm³/mol. The Morgan fingerprint density at radius 2 is 1.14 bits per heavy atom. The van der Waals surface area contributed by atoms with Crippen molar-refractivity contribution in [1.82, 2.24) is 4.90 Å². The fourth-order valence-electron chi connectivity index (χ4n) is 5.48. The molecule has 0 spiro atoms. The van der Waals surface area contributed by atoms with E-state index in [4.69, 9.17) is 11.1 Å². The molecule has 28 heavy (non-hydrogen) atoms. The minimum atomic E-state index is 0.105. The van der Waals surface area contributed by atoms with Crippen LogP contribution in [0.1, 0.15) is 34.3 Å². The molecular formula is C25H21N3. The Hall–Kier alpha value is -3.33. The highest BCUT2D eigenvalue weighted by Gasteiger charge is 2.38. The summed E-state index contributed by atoms with van der Waals surface area (Å²) in [7, 11) is 0. The fraction of sp³-hybridized carbons (Fsp3) is 0.160. The van der Waals surface area contributed by atoms with Gasteiger partial charge in [0.15, 0.2) is 5.96 Å². The average Bonchev–Trinajstić information content (AvgIpc) is 3.25. The van der Waals surface area contributed by atoms with Crippen molar-refractivity contribution in [2.45, 2.75) is 24.9 Å². The van der Waals surface area contributed by atoms with E-state index in [0.29, 0.717) is 0 Å². The number of guanidine groups is 1. The minimum Gasteiger partial charge on any atom is -0.370 e. The Morgan fingerprint density at radius 1 is 0.714 bits per heavy atom. The normalized spacial score (nSPS) is 19.4. The first kappa shape index (κ1) is 15.7. The van der Waals surface area contributed by atoms with Gasteiger partial charge in [0.1, 0.15) is 0 Å². The molecule has 0 fully saturated rings. The smallest absolute Gasteiger partial charge is 0.189 e. The van der Waals surface area contributed by atoms with Gasteiger partial charge in [-0.3, -0.25) is 5.41 Å². The minimum absolute atomic E-state index is 0.105. The second kappa shape index (κ2) is 5.59. The van der Waals surface area contributed by atoms with Crippen molar-refractivity contribution in [3.8, 4) is 0 Å². The van der Waals surface area contributed by atoms with E-state index in [2.05, 4.69) is 77.7 Å². The van der Waals surface area contributed by atoms with Crippen LogP contribution in [0.2, 0.25) is 0 Å². The third-order valence-corrected chi connectivity index (χ3v) is 6.54. The Morgan fingerprint density at radius 3 is 1.57 bits per heavy atom. The lowest BCUT2D eigenvalue weighted by Gasteiger charge is -2.36. The maximum Gasteiger partial charge on any atom is 0.189 e. The number of hydrogen-bond acceptors (Lipinski definition) is 1. The van der Waals surface area contributed by atoms with Gasteiger partial charge in [-0.25, -0.2) is 0 Å². The molecule has 0 radical (unpaired) electrons. The summed E-state index contributed by atoms with van der Waals surface area (Å²) in [6.45, 7) is 0. The van der Waals surface area contributed by atoms with Crippen LogP contribution in [0.5, 0.6) is 0 Å². The molecule has 6 rings (SSSR count). The van der Waals surface area contributed by atoms with Crippen molar-refractivity contribution in [3.63, 3.8) is 0 Å². The number of rotatable bonds is 2. The van der Waals surface area contributed by atoms with E-state index < -0.39 is 0 Å². The zero-order valence-corrected chi connectivity index (χ0v) is 15.5. The second-order valence-corrected chi connectivity index (χ2v) is 7.96. The van der Waals surface area contributed by atoms with E-state index in [0.717, 1.165) is 12.8 Å². The van der Waals surface area contributed by atoms with Gasteiger partial charge >= 0.3 is 0 Å². The number of nitrogens with two attached hydrogens (primary N) is 1. The predicted octanol–water partition coefficient (Wildman–Crippen LogP) is 5.08. The van der Waals surface area contributed by atoms with E-state index in [-0.39, 0.29) is 18.0 Å². The lowest BCUT2D eigenvalue weighted by Crippen LogP contribution is -2.42. The van der Waals surface area contributed by atoms with Crippen molar-refractivity contribution in [1.29, 1.82) is 5.41 Å². The number of hydrogen-bond donors (Lipinski definition) is 2. The lowest BCUT2D eigenvalue weighted by atomic mass is 10.00. The molecule has 3 N–H and O–H groups in total. The van der Waals surface area contributed by atoms with Crippen molar-refractivity contribution in [2.75, 3.05) is 0 Å². The molecule has 2 atom stereocenters. The quantitative estimate of drug-likeness (QED) is 0.385. The van der Waals surface area contributed by atoms with E-state index in [1.807, 2.05) is 0 Å². The van der Waals surface area contributed by atoms with Crippen molar-refractivity contribution in [2.24, 2.45) is 5.73 Å². The molecule has 0 amide bonds. The van der Waals surface area contributed by atoms with E-state index in [1.54, 1.807) is 0 Å². The summed E-state index contributed by atoms with van der Waals surface area (Å²) in [6, 6.07) is 26.3. The van der Waals surface area contributed by atoms with E-state index in [1.165, 1.54) is 43.8 Å². The van der Waals surface area contributed by atoms with Gasteiger partial charge in [-0.05, 0) is 56.6 Å². The molecule has 0 aliphatic heterocycles. The van der Waals surface area contributed by atoms with E-state index >= 15 is 0 Å². The molecule has 0 saturated carbocycles. The molecule has 2 aliphatic rings. The summed E-state index contributed by atoms with van der Waals surface area (Å²) in [6.07, 6.45) is 1.80. The van der Waals surface area contributed by atoms with Crippen LogP contribution in [0.25, 0.3) is 21.5 Å². The lowest BCUT2D eigenvalue weighted by molar-refractivity contribution is 0.241. The van der Waals surface area contributed by atoms with Crippen LogP contribution >= 0.6 is 0 Å². The first-order valence-corrected chi connectivity index (χ1v) is 9.86. The summed E-state index contributed by atoms with van der Waals surface area (Å²) in [5.74, 6) is 0.157. The Bertz CT molecular complexity index is 1170. The monoisotopic (exact) mass is 363 g/mol. The number of nitrogens with one attached hydrogen (secondary N) is 1. The molecule has 4 aromatic rings.